The molecule has 1 aliphatic rings. The van der Waals surface area contributed by atoms with E-state index in [-0.39, 0.29) is 11.6 Å². The normalized spacial score (nSPS) is 20.3. The van der Waals surface area contributed by atoms with Crippen LogP contribution in [0.2, 0.25) is 5.15 Å². The highest BCUT2D eigenvalue weighted by Crippen LogP contribution is 2.31. The number of aliphatic carboxylic acids is 1. The Morgan fingerprint density at radius 1 is 1.72 bits per heavy atom. The number of carbonyl (C=O) groups is 1. The molecule has 1 unspecified atom stereocenters. The van der Waals surface area contributed by atoms with Crippen molar-refractivity contribution >= 4 is 29.1 Å². The second-order valence-corrected chi connectivity index (χ2v) is 4.50. The number of halogens is 1. The Hall–Kier alpha value is -1.53. The molecule has 1 aliphatic heterocycles. The molecule has 0 aliphatic carbocycles. The molecule has 0 aromatic carbocycles. The molecule has 2 atom stereocenters. The van der Waals surface area contributed by atoms with Gasteiger partial charge in [0, 0.05) is 13.2 Å². The van der Waals surface area contributed by atoms with E-state index in [0.717, 1.165) is 0 Å². The Balaban J connectivity index is 2.66. The lowest BCUT2D eigenvalue weighted by Crippen LogP contribution is -2.34. The number of carboxylic acid groups (broad SMARTS) is 1. The summed E-state index contributed by atoms with van der Waals surface area (Å²) in [7, 11) is 1.52. The third kappa shape index (κ3) is 1.97. The Kier molecular flexibility index (Phi) is 3.32. The molecule has 0 spiro atoms. The Morgan fingerprint density at radius 2 is 2.39 bits per heavy atom. The van der Waals surface area contributed by atoms with Crippen LogP contribution in [0, 0.1) is 0 Å². The first-order valence-electron chi connectivity index (χ1n) is 5.48. The third-order valence-electron chi connectivity index (χ3n) is 2.95. The number of aromatic nitrogens is 2. The van der Waals surface area contributed by atoms with E-state index in [0.29, 0.717) is 16.7 Å². The Bertz CT molecular complexity index is 524. The Labute approximate surface area is 109 Å². The summed E-state index contributed by atoms with van der Waals surface area (Å²) in [5, 5.41) is 16.8. The molecule has 0 saturated carbocycles. The minimum atomic E-state index is -0.994. The summed E-state index contributed by atoms with van der Waals surface area (Å²) in [5.74, 6) is -0.331. The molecular formula is C11H14ClN3O3. The van der Waals surface area contributed by atoms with Gasteiger partial charge in [-0.15, -0.1) is 0 Å². The van der Waals surface area contributed by atoms with Gasteiger partial charge in [0.15, 0.2) is 5.15 Å². The van der Waals surface area contributed by atoms with Gasteiger partial charge in [0.05, 0.1) is 23.4 Å². The zero-order valence-corrected chi connectivity index (χ0v) is 11.0. The number of hydrogen-bond donors (Lipinski definition) is 2. The van der Waals surface area contributed by atoms with Gasteiger partial charge >= 0.3 is 5.97 Å². The van der Waals surface area contributed by atoms with Gasteiger partial charge in [-0.1, -0.05) is 11.6 Å². The number of hydrogen-bond acceptors (Lipinski definition) is 4. The number of rotatable bonds is 3. The van der Waals surface area contributed by atoms with Crippen molar-refractivity contribution in [1.82, 2.24) is 9.78 Å². The fourth-order valence-corrected chi connectivity index (χ4v) is 2.25. The maximum absolute atomic E-state index is 11.4. The molecule has 7 heteroatoms. The molecule has 0 radical (unpaired) electrons. The van der Waals surface area contributed by atoms with Crippen molar-refractivity contribution in [2.24, 2.45) is 0 Å². The highest BCUT2D eigenvalue weighted by atomic mass is 35.5. The minimum Gasteiger partial charge on any atom is -0.478 e. The van der Waals surface area contributed by atoms with Crippen LogP contribution in [0.25, 0.3) is 5.70 Å². The number of anilines is 1. The van der Waals surface area contributed by atoms with Gasteiger partial charge < -0.3 is 15.2 Å². The van der Waals surface area contributed by atoms with Crippen molar-refractivity contribution in [3.63, 3.8) is 0 Å². The van der Waals surface area contributed by atoms with E-state index in [1.165, 1.54) is 11.8 Å². The maximum atomic E-state index is 11.4. The lowest BCUT2D eigenvalue weighted by molar-refractivity contribution is -0.132. The second kappa shape index (κ2) is 4.62. The van der Waals surface area contributed by atoms with E-state index in [9.17, 15) is 9.90 Å². The van der Waals surface area contributed by atoms with E-state index >= 15 is 0 Å². The average Bonchev–Trinajstić information content (AvgIpc) is 2.65. The van der Waals surface area contributed by atoms with E-state index in [4.69, 9.17) is 16.3 Å². The number of carboxylic acids is 1. The summed E-state index contributed by atoms with van der Waals surface area (Å²) in [6.45, 7) is 3.55. The summed E-state index contributed by atoms with van der Waals surface area (Å²) in [4.78, 5) is 11.4. The molecule has 0 fully saturated rings. The van der Waals surface area contributed by atoms with Gasteiger partial charge in [-0.25, -0.2) is 9.48 Å². The van der Waals surface area contributed by atoms with Crippen molar-refractivity contribution in [3.05, 3.63) is 16.8 Å². The van der Waals surface area contributed by atoms with E-state index in [2.05, 4.69) is 10.4 Å². The number of ether oxygens (including phenoxy) is 1. The lowest BCUT2D eigenvalue weighted by atomic mass is 10.0. The fraction of sp³-hybridized carbons (Fsp3) is 0.455. The van der Waals surface area contributed by atoms with Crippen LogP contribution in [0.3, 0.4) is 0 Å². The summed E-state index contributed by atoms with van der Waals surface area (Å²) in [5.41, 5.74) is 0.731. The van der Waals surface area contributed by atoms with Gasteiger partial charge in [0.25, 0.3) is 0 Å². The lowest BCUT2D eigenvalue weighted by Gasteiger charge is -2.29. The molecular weight excluding hydrogens is 258 g/mol. The minimum absolute atomic E-state index is 0.233. The van der Waals surface area contributed by atoms with Crippen LogP contribution in [0.4, 0.5) is 5.82 Å². The van der Waals surface area contributed by atoms with Crippen molar-refractivity contribution in [2.45, 2.75) is 26.0 Å². The van der Waals surface area contributed by atoms with Crippen LogP contribution in [0.15, 0.2) is 11.6 Å². The first-order valence-corrected chi connectivity index (χ1v) is 5.86. The van der Waals surface area contributed by atoms with Gasteiger partial charge in [-0.05, 0) is 13.8 Å². The van der Waals surface area contributed by atoms with Crippen LogP contribution in [0.5, 0.6) is 0 Å². The van der Waals surface area contributed by atoms with E-state index < -0.39 is 12.1 Å². The number of nitrogens with one attached hydrogen (secondary N) is 1. The van der Waals surface area contributed by atoms with Crippen molar-refractivity contribution in [3.8, 4) is 0 Å². The number of methoxy groups -OCH3 is 1. The van der Waals surface area contributed by atoms with Gasteiger partial charge in [0.2, 0.25) is 0 Å². The average molecular weight is 272 g/mol. The first-order chi connectivity index (χ1) is 8.45. The summed E-state index contributed by atoms with van der Waals surface area (Å²) < 4.78 is 6.72. The van der Waals surface area contributed by atoms with Crippen LogP contribution >= 0.6 is 11.6 Å². The predicted octanol–water partition coefficient (Wildman–Crippen LogP) is 1.68. The zero-order valence-electron chi connectivity index (χ0n) is 10.3. The topological polar surface area (TPSA) is 76.4 Å². The quantitative estimate of drug-likeness (QED) is 0.875. The summed E-state index contributed by atoms with van der Waals surface area (Å²) >= 11 is 5.86. The summed E-state index contributed by atoms with van der Waals surface area (Å²) in [6.07, 6.45) is -0.393. The molecule has 0 saturated heterocycles. The first kappa shape index (κ1) is 12.9. The van der Waals surface area contributed by atoms with Crippen LogP contribution < -0.4 is 5.32 Å². The summed E-state index contributed by atoms with van der Waals surface area (Å²) in [6, 6.07) is 1.31. The molecule has 2 rings (SSSR count). The van der Waals surface area contributed by atoms with Crippen molar-refractivity contribution in [1.29, 1.82) is 0 Å². The molecule has 2 heterocycles. The molecule has 0 amide bonds. The fourth-order valence-electron chi connectivity index (χ4n) is 2.07. The SMILES string of the molecule is CO[C@@H](C)C1=C(C(=O)O)C(C)Nc2cc(Cl)nn21. The molecule has 6 nitrogen and oxygen atoms in total. The third-order valence-corrected chi connectivity index (χ3v) is 3.13. The molecule has 0 bridgehead atoms. The maximum Gasteiger partial charge on any atom is 0.335 e. The second-order valence-electron chi connectivity index (χ2n) is 4.11. The monoisotopic (exact) mass is 271 g/mol. The Morgan fingerprint density at radius 3 is 2.94 bits per heavy atom. The van der Waals surface area contributed by atoms with Gasteiger partial charge in [-0.3, -0.25) is 0 Å². The van der Waals surface area contributed by atoms with E-state index in [1.807, 2.05) is 0 Å². The highest BCUT2D eigenvalue weighted by Gasteiger charge is 2.32. The van der Waals surface area contributed by atoms with E-state index in [1.54, 1.807) is 19.9 Å². The van der Waals surface area contributed by atoms with Crippen molar-refractivity contribution in [2.75, 3.05) is 12.4 Å². The number of fused-ring (bicyclic) bond motifs is 1. The smallest absolute Gasteiger partial charge is 0.335 e. The van der Waals surface area contributed by atoms with Gasteiger partial charge in [0.1, 0.15) is 5.82 Å². The zero-order chi connectivity index (χ0) is 13.4. The van der Waals surface area contributed by atoms with Crippen molar-refractivity contribution < 1.29 is 14.6 Å². The molecule has 98 valence electrons. The van der Waals surface area contributed by atoms with Crippen LogP contribution in [-0.4, -0.2) is 40.1 Å². The largest absolute Gasteiger partial charge is 0.478 e. The number of nitrogens with zero attached hydrogens (tertiary/aromatic N) is 2. The van der Waals surface area contributed by atoms with Crippen LogP contribution in [0.1, 0.15) is 13.8 Å². The standard InChI is InChI=1S/C11H14ClN3O3/c1-5-9(11(16)17)10(6(2)18-3)15-8(13-5)4-7(12)14-15/h4-6,13H,1-3H3,(H,16,17)/t5?,6-/m0/s1. The molecule has 2 N–H and O–H groups in total. The molecule has 1 aromatic heterocycles. The molecule has 1 aromatic rings. The molecule has 18 heavy (non-hydrogen) atoms. The van der Waals surface area contributed by atoms with Crippen LogP contribution in [-0.2, 0) is 9.53 Å². The van der Waals surface area contributed by atoms with Gasteiger partial charge in [-0.2, -0.15) is 5.10 Å². The predicted molar refractivity (Wildman–Crippen MR) is 67.6 cm³/mol. The highest BCUT2D eigenvalue weighted by molar-refractivity contribution is 6.29.